The molecule has 0 bridgehead atoms. The van der Waals surface area contributed by atoms with E-state index < -0.39 is 6.04 Å². The Morgan fingerprint density at radius 2 is 1.92 bits per heavy atom. The molecule has 0 aromatic carbocycles. The first-order valence-electron chi connectivity index (χ1n) is 12.5. The fourth-order valence-corrected chi connectivity index (χ4v) is 4.43. The third-order valence-corrected chi connectivity index (χ3v) is 6.19. The summed E-state index contributed by atoms with van der Waals surface area (Å²) in [5, 5.41) is 15.4. The van der Waals surface area contributed by atoms with Gasteiger partial charge in [0.15, 0.2) is 11.8 Å². The van der Waals surface area contributed by atoms with Crippen LogP contribution in [0, 0.1) is 13.8 Å². The highest BCUT2D eigenvalue weighted by molar-refractivity contribution is 5.88. The highest BCUT2D eigenvalue weighted by Crippen LogP contribution is 2.26. The second-order valence-corrected chi connectivity index (χ2v) is 9.03. The predicted molar refractivity (Wildman–Crippen MR) is 130 cm³/mol. The summed E-state index contributed by atoms with van der Waals surface area (Å²) in [6.07, 6.45) is 4.61. The van der Waals surface area contributed by atoms with E-state index >= 15 is 0 Å². The Morgan fingerprint density at radius 1 is 1.17 bits per heavy atom. The molecule has 194 valence electrons. The lowest BCUT2D eigenvalue weighted by molar-refractivity contribution is -0.143. The van der Waals surface area contributed by atoms with E-state index in [-0.39, 0.29) is 30.2 Å². The molecule has 4 rings (SSSR count). The van der Waals surface area contributed by atoms with Crippen molar-refractivity contribution >= 4 is 11.8 Å². The minimum absolute atomic E-state index is 0.104. The van der Waals surface area contributed by atoms with Gasteiger partial charge in [-0.25, -0.2) is 0 Å². The van der Waals surface area contributed by atoms with Gasteiger partial charge in [0.2, 0.25) is 11.7 Å². The van der Waals surface area contributed by atoms with Crippen LogP contribution in [0.3, 0.4) is 0 Å². The van der Waals surface area contributed by atoms with Crippen LogP contribution in [0.1, 0.15) is 62.4 Å². The van der Waals surface area contributed by atoms with Gasteiger partial charge in [0, 0.05) is 25.8 Å². The maximum Gasteiger partial charge on any atom is 0.250 e. The number of aryl methyl sites for hydroxylation is 2. The van der Waals surface area contributed by atoms with Gasteiger partial charge < -0.3 is 23.8 Å². The van der Waals surface area contributed by atoms with E-state index in [9.17, 15) is 9.59 Å². The van der Waals surface area contributed by atoms with Crippen molar-refractivity contribution in [1.29, 1.82) is 0 Å². The van der Waals surface area contributed by atoms with E-state index in [4.69, 9.17) is 13.6 Å². The van der Waals surface area contributed by atoms with Crippen LogP contribution >= 0.6 is 0 Å². The SMILES string of the molecule is CCOCCCN(C(=O)Cn1nnc(-c2ccc(C)o2)n1)[C@H](C(=O)NC1CCCC1)c1ccc(C)o1. The number of hydrogen-bond acceptors (Lipinski definition) is 8. The van der Waals surface area contributed by atoms with Crippen molar-refractivity contribution in [3.8, 4) is 11.6 Å². The molecule has 1 fully saturated rings. The Balaban J connectivity index is 1.56. The maximum atomic E-state index is 13.6. The molecule has 0 aliphatic heterocycles. The summed E-state index contributed by atoms with van der Waals surface area (Å²) in [6.45, 7) is 6.72. The van der Waals surface area contributed by atoms with Gasteiger partial charge in [-0.2, -0.15) is 4.80 Å². The molecule has 0 unspecified atom stereocenters. The summed E-state index contributed by atoms with van der Waals surface area (Å²) in [4.78, 5) is 29.9. The van der Waals surface area contributed by atoms with E-state index in [1.54, 1.807) is 24.3 Å². The van der Waals surface area contributed by atoms with E-state index in [1.807, 2.05) is 20.8 Å². The van der Waals surface area contributed by atoms with Crippen molar-refractivity contribution in [2.75, 3.05) is 19.8 Å². The number of carbonyl (C=O) groups is 2. The second-order valence-electron chi connectivity index (χ2n) is 9.03. The first-order valence-corrected chi connectivity index (χ1v) is 12.5. The van der Waals surface area contributed by atoms with Crippen molar-refractivity contribution in [1.82, 2.24) is 30.4 Å². The monoisotopic (exact) mass is 498 g/mol. The summed E-state index contributed by atoms with van der Waals surface area (Å²) in [6, 6.07) is 6.30. The fourth-order valence-electron chi connectivity index (χ4n) is 4.43. The Kier molecular flexibility index (Phi) is 8.52. The number of furan rings is 2. The topological polar surface area (TPSA) is 129 Å². The van der Waals surface area contributed by atoms with Crippen LogP contribution in [0.15, 0.2) is 33.1 Å². The zero-order chi connectivity index (χ0) is 25.5. The number of aromatic nitrogens is 4. The van der Waals surface area contributed by atoms with Crippen molar-refractivity contribution in [2.45, 2.75) is 71.5 Å². The molecular formula is C25H34N6O5. The average molecular weight is 499 g/mol. The van der Waals surface area contributed by atoms with E-state index in [0.29, 0.717) is 43.5 Å². The van der Waals surface area contributed by atoms with Crippen LogP contribution in [0.25, 0.3) is 11.6 Å². The first-order chi connectivity index (χ1) is 17.4. The molecule has 0 saturated heterocycles. The van der Waals surface area contributed by atoms with Crippen LogP contribution in [0.5, 0.6) is 0 Å². The zero-order valence-corrected chi connectivity index (χ0v) is 21.1. The van der Waals surface area contributed by atoms with Gasteiger partial charge in [-0.15, -0.1) is 10.2 Å². The van der Waals surface area contributed by atoms with Crippen LogP contribution in [-0.2, 0) is 20.9 Å². The Morgan fingerprint density at radius 3 is 2.58 bits per heavy atom. The quantitative estimate of drug-likeness (QED) is 0.377. The summed E-state index contributed by atoms with van der Waals surface area (Å²) in [5.41, 5.74) is 0. The number of tetrazole rings is 1. The molecule has 11 nitrogen and oxygen atoms in total. The van der Waals surface area contributed by atoms with Crippen molar-refractivity contribution in [3.05, 3.63) is 41.5 Å². The molecule has 1 aliphatic carbocycles. The molecular weight excluding hydrogens is 464 g/mol. The molecule has 1 saturated carbocycles. The summed E-state index contributed by atoms with van der Waals surface area (Å²) in [7, 11) is 0. The number of hydrogen-bond donors (Lipinski definition) is 1. The lowest BCUT2D eigenvalue weighted by Gasteiger charge is -2.30. The first kappa shape index (κ1) is 25.6. The van der Waals surface area contributed by atoms with Gasteiger partial charge in [-0.1, -0.05) is 12.8 Å². The number of carbonyl (C=O) groups excluding carboxylic acids is 2. The van der Waals surface area contributed by atoms with Gasteiger partial charge in [0.05, 0.1) is 0 Å². The standard InChI is InChI=1S/C25H34N6O5/c1-4-34-15-7-14-30(22(32)16-31-28-24(27-29-31)21-13-11-18(3)36-21)23(20-12-10-17(2)35-20)25(33)26-19-8-5-6-9-19/h10-13,19,23H,4-9,14-16H2,1-3H3,(H,26,33)/t23-/m0/s1. The molecule has 2 amide bonds. The lowest BCUT2D eigenvalue weighted by Crippen LogP contribution is -2.47. The fraction of sp³-hybridized carbons (Fsp3) is 0.560. The summed E-state index contributed by atoms with van der Waals surface area (Å²) < 4.78 is 16.9. The summed E-state index contributed by atoms with van der Waals surface area (Å²) >= 11 is 0. The van der Waals surface area contributed by atoms with Gasteiger partial charge >= 0.3 is 0 Å². The number of nitrogens with one attached hydrogen (secondary N) is 1. The smallest absolute Gasteiger partial charge is 0.250 e. The molecule has 3 aromatic heterocycles. The number of amides is 2. The highest BCUT2D eigenvalue weighted by Gasteiger charge is 2.35. The Hall–Kier alpha value is -3.47. The van der Waals surface area contributed by atoms with Crippen LogP contribution in [-0.4, -0.2) is 62.7 Å². The summed E-state index contributed by atoms with van der Waals surface area (Å²) in [5.74, 6) is 2.00. The van der Waals surface area contributed by atoms with Crippen molar-refractivity contribution in [2.24, 2.45) is 0 Å². The molecule has 0 spiro atoms. The molecule has 11 heteroatoms. The minimum atomic E-state index is -0.913. The predicted octanol–water partition coefficient (Wildman–Crippen LogP) is 3.20. The molecule has 36 heavy (non-hydrogen) atoms. The van der Waals surface area contributed by atoms with Crippen LogP contribution in [0.2, 0.25) is 0 Å². The highest BCUT2D eigenvalue weighted by atomic mass is 16.5. The van der Waals surface area contributed by atoms with Crippen LogP contribution < -0.4 is 5.32 Å². The zero-order valence-electron chi connectivity index (χ0n) is 21.1. The maximum absolute atomic E-state index is 13.6. The van der Waals surface area contributed by atoms with E-state index in [1.165, 1.54) is 9.70 Å². The third-order valence-electron chi connectivity index (χ3n) is 6.19. The number of rotatable bonds is 12. The largest absolute Gasteiger partial charge is 0.464 e. The normalized spacial score (nSPS) is 14.8. The van der Waals surface area contributed by atoms with Crippen molar-refractivity contribution < 1.29 is 23.2 Å². The lowest BCUT2D eigenvalue weighted by atomic mass is 10.1. The molecule has 1 N–H and O–H groups in total. The number of nitrogens with zero attached hydrogens (tertiary/aromatic N) is 5. The average Bonchev–Trinajstić information content (AvgIpc) is 3.65. The van der Waals surface area contributed by atoms with Crippen LogP contribution in [0.4, 0.5) is 0 Å². The Labute approximate surface area is 210 Å². The van der Waals surface area contributed by atoms with E-state index in [0.717, 1.165) is 31.4 Å². The molecule has 1 atom stereocenters. The van der Waals surface area contributed by atoms with Gasteiger partial charge in [0.1, 0.15) is 23.8 Å². The molecule has 3 aromatic rings. The van der Waals surface area contributed by atoms with E-state index in [2.05, 4.69) is 20.7 Å². The molecule has 1 aliphatic rings. The third kappa shape index (κ3) is 6.39. The Bertz CT molecular complexity index is 1150. The second kappa shape index (κ2) is 12.0. The number of ether oxygens (including phenoxy) is 1. The van der Waals surface area contributed by atoms with Crippen molar-refractivity contribution in [3.63, 3.8) is 0 Å². The molecule has 0 radical (unpaired) electrons. The van der Waals surface area contributed by atoms with Gasteiger partial charge in [0.25, 0.3) is 5.91 Å². The van der Waals surface area contributed by atoms with Gasteiger partial charge in [-0.3, -0.25) is 9.59 Å². The van der Waals surface area contributed by atoms with Gasteiger partial charge in [-0.05, 0) is 69.5 Å². The molecule has 3 heterocycles. The minimum Gasteiger partial charge on any atom is -0.464 e.